The van der Waals surface area contributed by atoms with E-state index in [0.29, 0.717) is 10.6 Å². The molecule has 5 rings (SSSR count). The van der Waals surface area contributed by atoms with Crippen molar-refractivity contribution in [2.45, 2.75) is 64.9 Å². The lowest BCUT2D eigenvalue weighted by molar-refractivity contribution is -0.151. The maximum absolute atomic E-state index is 13.3. The number of rotatable bonds is 6. The highest BCUT2D eigenvalue weighted by Crippen LogP contribution is 2.46. The second-order valence-corrected chi connectivity index (χ2v) is 9.81. The number of carboxylic acid groups (broad SMARTS) is 1. The van der Waals surface area contributed by atoms with Gasteiger partial charge < -0.3 is 15.2 Å². The minimum Gasteiger partial charge on any atom is -0.481 e. The molecule has 30 heavy (non-hydrogen) atoms. The van der Waals surface area contributed by atoms with Gasteiger partial charge in [0.25, 0.3) is 0 Å². The van der Waals surface area contributed by atoms with Gasteiger partial charge in [0.05, 0.1) is 23.5 Å². The Kier molecular flexibility index (Phi) is 6.00. The number of carbonyl (C=O) groups is 3. The van der Waals surface area contributed by atoms with Crippen LogP contribution in [0.4, 0.5) is 5.00 Å². The van der Waals surface area contributed by atoms with Gasteiger partial charge in [-0.05, 0) is 69.3 Å². The van der Waals surface area contributed by atoms with E-state index in [1.165, 1.54) is 11.3 Å². The number of aryl methyl sites for hydroxylation is 1. The van der Waals surface area contributed by atoms with Crippen LogP contribution in [0.15, 0.2) is 12.2 Å². The van der Waals surface area contributed by atoms with Gasteiger partial charge in [0, 0.05) is 4.88 Å². The van der Waals surface area contributed by atoms with Gasteiger partial charge in [-0.2, -0.15) is 0 Å². The van der Waals surface area contributed by atoms with E-state index in [9.17, 15) is 19.5 Å². The number of allylic oxidation sites excluding steroid dienone is 2. The fraction of sp³-hybridized carbons (Fsp3) is 0.609. The highest BCUT2D eigenvalue weighted by Gasteiger charge is 2.48. The van der Waals surface area contributed by atoms with Crippen LogP contribution in [0.1, 0.15) is 66.8 Å². The predicted molar refractivity (Wildman–Crippen MR) is 115 cm³/mol. The number of hydrogen-bond acceptors (Lipinski definition) is 5. The minimum atomic E-state index is -0.920. The Morgan fingerprint density at radius 2 is 1.83 bits per heavy atom. The molecule has 0 saturated heterocycles. The average Bonchev–Trinajstić information content (AvgIpc) is 3.11. The van der Waals surface area contributed by atoms with Crippen molar-refractivity contribution in [2.24, 2.45) is 23.7 Å². The van der Waals surface area contributed by atoms with Crippen molar-refractivity contribution in [3.8, 4) is 0 Å². The number of ether oxygens (including phenoxy) is 1. The van der Waals surface area contributed by atoms with Crippen molar-refractivity contribution in [3.63, 3.8) is 0 Å². The Labute approximate surface area is 180 Å². The molecule has 2 N–H and O–H groups in total. The van der Waals surface area contributed by atoms with Crippen LogP contribution in [0.5, 0.6) is 0 Å². The molecule has 0 spiro atoms. The molecule has 162 valence electrons. The molecule has 0 radical (unpaired) electrons. The molecule has 2 bridgehead atoms. The molecule has 4 aliphatic carbocycles. The van der Waals surface area contributed by atoms with E-state index < -0.39 is 17.8 Å². The van der Waals surface area contributed by atoms with Crippen LogP contribution in [0, 0.1) is 23.7 Å². The topological polar surface area (TPSA) is 92.7 Å². The predicted octanol–water partition coefficient (Wildman–Crippen LogP) is 4.43. The van der Waals surface area contributed by atoms with Gasteiger partial charge >= 0.3 is 11.9 Å². The smallest absolute Gasteiger partial charge is 0.341 e. The molecule has 0 aromatic carbocycles. The zero-order chi connectivity index (χ0) is 21.4. The highest BCUT2D eigenvalue weighted by atomic mass is 32.1. The van der Waals surface area contributed by atoms with Crippen molar-refractivity contribution in [2.75, 3.05) is 5.32 Å². The quantitative estimate of drug-likeness (QED) is 0.513. The SMILES string of the molecule is CC[C@@H](C)OC(=O)c1c(NC(=O)[C@H]2[C@@H](C(=O)O)[C@H]3C=C[C@H]2CC3)sc2c1CCCC2. The van der Waals surface area contributed by atoms with Crippen molar-refractivity contribution in [1.29, 1.82) is 0 Å². The highest BCUT2D eigenvalue weighted by molar-refractivity contribution is 7.17. The third kappa shape index (κ3) is 3.80. The van der Waals surface area contributed by atoms with Gasteiger partial charge in [-0.1, -0.05) is 19.1 Å². The van der Waals surface area contributed by atoms with Crippen molar-refractivity contribution in [3.05, 3.63) is 28.2 Å². The van der Waals surface area contributed by atoms with Crippen molar-refractivity contribution in [1.82, 2.24) is 0 Å². The standard InChI is InChI=1S/C23H29NO5S/c1-3-12(2)29-23(28)19-15-6-4-5-7-16(15)30-21(19)24-20(25)17-13-8-10-14(11-9-13)18(17)22(26)27/h8,10,12-14,17-18H,3-7,9,11H2,1-2H3,(H,24,25)(H,26,27)/t12-,13+,14+,17-,18+/m1/s1. The van der Waals surface area contributed by atoms with Crippen LogP contribution >= 0.6 is 11.3 Å². The first-order chi connectivity index (χ1) is 14.4. The van der Waals surface area contributed by atoms with E-state index in [4.69, 9.17) is 4.74 Å². The lowest BCUT2D eigenvalue weighted by Gasteiger charge is -2.41. The van der Waals surface area contributed by atoms with E-state index in [1.54, 1.807) is 0 Å². The van der Waals surface area contributed by atoms with E-state index in [1.807, 2.05) is 26.0 Å². The maximum Gasteiger partial charge on any atom is 0.341 e. The van der Waals surface area contributed by atoms with Crippen LogP contribution < -0.4 is 5.32 Å². The molecule has 0 aliphatic heterocycles. The Hall–Kier alpha value is -2.15. The number of nitrogens with one attached hydrogen (secondary N) is 1. The molecular weight excluding hydrogens is 402 g/mol. The summed E-state index contributed by atoms with van der Waals surface area (Å²) in [5.74, 6) is -3.09. The summed E-state index contributed by atoms with van der Waals surface area (Å²) in [6, 6.07) is 0. The third-order valence-corrected chi connectivity index (χ3v) is 8.04. The molecule has 1 aromatic rings. The number of fused-ring (bicyclic) bond motifs is 3. The normalized spacial score (nSPS) is 27.9. The van der Waals surface area contributed by atoms with Crippen molar-refractivity contribution >= 4 is 34.2 Å². The number of hydrogen-bond donors (Lipinski definition) is 2. The first kappa shape index (κ1) is 21.1. The molecule has 1 heterocycles. The molecule has 5 atom stereocenters. The van der Waals surface area contributed by atoms with Crippen LogP contribution in [0.3, 0.4) is 0 Å². The third-order valence-electron chi connectivity index (χ3n) is 6.83. The van der Waals surface area contributed by atoms with Gasteiger partial charge in [0.1, 0.15) is 5.00 Å². The number of carbonyl (C=O) groups excluding carboxylic acids is 2. The van der Waals surface area contributed by atoms with Gasteiger partial charge in [-0.25, -0.2) is 4.79 Å². The van der Waals surface area contributed by atoms with Crippen LogP contribution in [-0.2, 0) is 27.2 Å². The van der Waals surface area contributed by atoms with E-state index in [-0.39, 0.29) is 29.8 Å². The van der Waals surface area contributed by atoms with Gasteiger partial charge in [0.15, 0.2) is 0 Å². The fourth-order valence-corrected chi connectivity index (χ4v) is 6.36. The number of anilines is 1. The van der Waals surface area contributed by atoms with Crippen LogP contribution in [0.2, 0.25) is 0 Å². The molecule has 1 aromatic heterocycles. The first-order valence-electron chi connectivity index (χ1n) is 11.0. The lowest BCUT2D eigenvalue weighted by Crippen LogP contribution is -2.47. The number of carboxylic acids is 1. The summed E-state index contributed by atoms with van der Waals surface area (Å²) in [6.45, 7) is 3.82. The Morgan fingerprint density at radius 3 is 2.47 bits per heavy atom. The number of aliphatic carboxylic acids is 1. The zero-order valence-corrected chi connectivity index (χ0v) is 18.3. The van der Waals surface area contributed by atoms with E-state index in [0.717, 1.165) is 55.4 Å². The Bertz CT molecular complexity index is 888. The summed E-state index contributed by atoms with van der Waals surface area (Å²) in [4.78, 5) is 39.3. The minimum absolute atomic E-state index is 0.0683. The summed E-state index contributed by atoms with van der Waals surface area (Å²) in [6.07, 6.45) is 9.89. The Morgan fingerprint density at radius 1 is 1.17 bits per heavy atom. The van der Waals surface area contributed by atoms with Crippen molar-refractivity contribution < 1.29 is 24.2 Å². The summed E-state index contributed by atoms with van der Waals surface area (Å²) in [5.41, 5.74) is 1.47. The molecular formula is C23H29NO5S. The van der Waals surface area contributed by atoms with Gasteiger partial charge in [-0.15, -0.1) is 11.3 Å². The molecule has 4 aliphatic rings. The summed E-state index contributed by atoms with van der Waals surface area (Å²) >= 11 is 1.45. The Balaban J connectivity index is 1.63. The molecule has 1 saturated carbocycles. The number of thiophene rings is 1. The second-order valence-electron chi connectivity index (χ2n) is 8.71. The zero-order valence-electron chi connectivity index (χ0n) is 17.5. The fourth-order valence-electron chi connectivity index (χ4n) is 5.08. The number of esters is 1. The van der Waals surface area contributed by atoms with Crippen LogP contribution in [-0.4, -0.2) is 29.1 Å². The van der Waals surface area contributed by atoms with Gasteiger partial charge in [-0.3, -0.25) is 9.59 Å². The van der Waals surface area contributed by atoms with Crippen LogP contribution in [0.25, 0.3) is 0 Å². The number of amides is 1. The summed E-state index contributed by atoms with van der Waals surface area (Å²) in [7, 11) is 0. The summed E-state index contributed by atoms with van der Waals surface area (Å²) < 4.78 is 5.60. The molecule has 0 unspecified atom stereocenters. The average molecular weight is 432 g/mol. The molecule has 1 fully saturated rings. The molecule has 6 nitrogen and oxygen atoms in total. The van der Waals surface area contributed by atoms with E-state index >= 15 is 0 Å². The lowest BCUT2D eigenvalue weighted by atomic mass is 9.62. The monoisotopic (exact) mass is 431 g/mol. The van der Waals surface area contributed by atoms with Gasteiger partial charge in [0.2, 0.25) is 5.91 Å². The largest absolute Gasteiger partial charge is 0.481 e. The second kappa shape index (κ2) is 8.53. The summed E-state index contributed by atoms with van der Waals surface area (Å²) in [5, 5.41) is 13.2. The first-order valence-corrected chi connectivity index (χ1v) is 11.8. The maximum atomic E-state index is 13.3. The van der Waals surface area contributed by atoms with E-state index in [2.05, 4.69) is 5.32 Å². The molecule has 7 heteroatoms. The molecule has 1 amide bonds.